The van der Waals surface area contributed by atoms with Crippen LogP contribution in [0.4, 0.5) is 0 Å². The van der Waals surface area contributed by atoms with E-state index in [1.807, 2.05) is 12.2 Å². The van der Waals surface area contributed by atoms with Crippen LogP contribution in [-0.2, 0) is 4.79 Å². The van der Waals surface area contributed by atoms with Gasteiger partial charge in [-0.2, -0.15) is 0 Å². The monoisotopic (exact) mass is 180 g/mol. The lowest BCUT2D eigenvalue weighted by Crippen LogP contribution is -1.70. The minimum atomic E-state index is 0.545. The Morgan fingerprint density at radius 2 is 1.62 bits per heavy atom. The van der Waals surface area contributed by atoms with Gasteiger partial charge in [0.15, 0.2) is 0 Å². The van der Waals surface area contributed by atoms with Crippen LogP contribution in [0, 0.1) is 0 Å². The van der Waals surface area contributed by atoms with Crippen molar-refractivity contribution in [3.8, 4) is 0 Å². The van der Waals surface area contributed by atoms with Crippen LogP contribution in [-0.4, -0.2) is 6.29 Å². The molecule has 0 bridgehead atoms. The molecule has 0 N–H and O–H groups in total. The molecule has 0 aromatic heterocycles. The molecule has 0 unspecified atom stereocenters. The average molecular weight is 180 g/mol. The lowest BCUT2D eigenvalue weighted by Gasteiger charge is -1.90. The van der Waals surface area contributed by atoms with E-state index in [9.17, 15) is 4.79 Å². The SMILES string of the molecule is CCCCC/C=C\C/C=C\CC=O. The summed E-state index contributed by atoms with van der Waals surface area (Å²) in [6.45, 7) is 2.21. The molecule has 0 atom stereocenters. The number of hydrogen-bond donors (Lipinski definition) is 0. The predicted octanol–water partition coefficient (Wildman–Crippen LogP) is 3.66. The summed E-state index contributed by atoms with van der Waals surface area (Å²) in [7, 11) is 0. The summed E-state index contributed by atoms with van der Waals surface area (Å²) in [5.41, 5.74) is 0. The average Bonchev–Trinajstić information content (AvgIpc) is 2.16. The van der Waals surface area contributed by atoms with Crippen molar-refractivity contribution in [3.05, 3.63) is 24.3 Å². The Bertz CT molecular complexity index is 157. The zero-order chi connectivity index (χ0) is 9.78. The maximum atomic E-state index is 9.94. The van der Waals surface area contributed by atoms with Crippen molar-refractivity contribution in [1.29, 1.82) is 0 Å². The van der Waals surface area contributed by atoms with Crippen LogP contribution in [0.15, 0.2) is 24.3 Å². The van der Waals surface area contributed by atoms with Crippen molar-refractivity contribution >= 4 is 6.29 Å². The van der Waals surface area contributed by atoms with Crippen LogP contribution in [0.5, 0.6) is 0 Å². The Kier molecular flexibility index (Phi) is 10.4. The summed E-state index contributed by atoms with van der Waals surface area (Å²) in [6.07, 6.45) is 15.8. The highest BCUT2D eigenvalue weighted by Crippen LogP contribution is 2.00. The Balaban J connectivity index is 3.16. The summed E-state index contributed by atoms with van der Waals surface area (Å²) in [6, 6.07) is 0. The highest BCUT2D eigenvalue weighted by atomic mass is 16.1. The van der Waals surface area contributed by atoms with Crippen molar-refractivity contribution in [2.24, 2.45) is 0 Å². The molecule has 0 radical (unpaired) electrons. The molecule has 0 aliphatic heterocycles. The molecule has 0 aromatic rings. The van der Waals surface area contributed by atoms with Crippen molar-refractivity contribution in [3.63, 3.8) is 0 Å². The molecule has 0 saturated carbocycles. The lowest BCUT2D eigenvalue weighted by molar-refractivity contribution is -0.107. The van der Waals surface area contributed by atoms with Crippen molar-refractivity contribution in [2.75, 3.05) is 0 Å². The van der Waals surface area contributed by atoms with Crippen LogP contribution in [0.1, 0.15) is 45.4 Å². The first-order valence-corrected chi connectivity index (χ1v) is 5.15. The summed E-state index contributed by atoms with van der Waals surface area (Å²) in [5, 5.41) is 0. The Morgan fingerprint density at radius 3 is 2.31 bits per heavy atom. The number of hydrogen-bond acceptors (Lipinski definition) is 1. The molecule has 0 amide bonds. The van der Waals surface area contributed by atoms with Gasteiger partial charge in [-0.25, -0.2) is 0 Å². The van der Waals surface area contributed by atoms with E-state index >= 15 is 0 Å². The van der Waals surface area contributed by atoms with Gasteiger partial charge >= 0.3 is 0 Å². The molecule has 0 saturated heterocycles. The van der Waals surface area contributed by atoms with Crippen molar-refractivity contribution in [2.45, 2.75) is 45.4 Å². The number of unbranched alkanes of at least 4 members (excludes halogenated alkanes) is 3. The van der Waals surface area contributed by atoms with E-state index in [1.54, 1.807) is 0 Å². The van der Waals surface area contributed by atoms with Gasteiger partial charge in [0, 0.05) is 6.42 Å². The maximum Gasteiger partial charge on any atom is 0.123 e. The molecule has 0 rings (SSSR count). The van der Waals surface area contributed by atoms with Gasteiger partial charge in [-0.3, -0.25) is 0 Å². The van der Waals surface area contributed by atoms with Gasteiger partial charge < -0.3 is 4.79 Å². The van der Waals surface area contributed by atoms with E-state index in [4.69, 9.17) is 0 Å². The maximum absolute atomic E-state index is 9.94. The molecule has 74 valence electrons. The topological polar surface area (TPSA) is 17.1 Å². The first kappa shape index (κ1) is 12.2. The number of carbonyl (C=O) groups excluding carboxylic acids is 1. The number of allylic oxidation sites excluding steroid dienone is 4. The third-order valence-corrected chi connectivity index (χ3v) is 1.81. The second-order valence-corrected chi connectivity index (χ2v) is 3.08. The molecular formula is C12H20O. The molecule has 0 aliphatic carbocycles. The molecule has 13 heavy (non-hydrogen) atoms. The summed E-state index contributed by atoms with van der Waals surface area (Å²) < 4.78 is 0. The minimum Gasteiger partial charge on any atom is -0.303 e. The van der Waals surface area contributed by atoms with Crippen molar-refractivity contribution in [1.82, 2.24) is 0 Å². The van der Waals surface area contributed by atoms with Crippen LogP contribution in [0.25, 0.3) is 0 Å². The third kappa shape index (κ3) is 11.1. The molecule has 0 fully saturated rings. The Morgan fingerprint density at radius 1 is 0.923 bits per heavy atom. The van der Waals surface area contributed by atoms with Crippen molar-refractivity contribution < 1.29 is 4.79 Å². The molecule has 0 heterocycles. The largest absolute Gasteiger partial charge is 0.303 e. The second kappa shape index (κ2) is 11.2. The summed E-state index contributed by atoms with van der Waals surface area (Å²) >= 11 is 0. The molecular weight excluding hydrogens is 160 g/mol. The van der Waals surface area contributed by atoms with Crippen LogP contribution in [0.3, 0.4) is 0 Å². The molecule has 1 heteroatoms. The second-order valence-electron chi connectivity index (χ2n) is 3.08. The Labute approximate surface area is 81.5 Å². The molecule has 0 aliphatic rings. The lowest BCUT2D eigenvalue weighted by atomic mass is 10.2. The fraction of sp³-hybridized carbons (Fsp3) is 0.583. The van der Waals surface area contributed by atoms with Gasteiger partial charge in [-0.15, -0.1) is 0 Å². The minimum absolute atomic E-state index is 0.545. The molecule has 0 aromatic carbocycles. The van der Waals surface area contributed by atoms with E-state index in [1.165, 1.54) is 25.7 Å². The number of rotatable bonds is 8. The summed E-state index contributed by atoms with van der Waals surface area (Å²) in [4.78, 5) is 9.94. The number of carbonyl (C=O) groups is 1. The van der Waals surface area contributed by atoms with Crippen LogP contribution < -0.4 is 0 Å². The third-order valence-electron chi connectivity index (χ3n) is 1.81. The highest BCUT2D eigenvalue weighted by molar-refractivity contribution is 5.51. The van der Waals surface area contributed by atoms with E-state index in [0.29, 0.717) is 6.42 Å². The van der Waals surface area contributed by atoms with E-state index < -0.39 is 0 Å². The summed E-state index contributed by atoms with van der Waals surface area (Å²) in [5.74, 6) is 0. The smallest absolute Gasteiger partial charge is 0.123 e. The van der Waals surface area contributed by atoms with Crippen LogP contribution >= 0.6 is 0 Å². The molecule has 1 nitrogen and oxygen atoms in total. The number of aldehydes is 1. The standard InChI is InChI=1S/C12H20O/c1-2-3-4-5-6-7-8-9-10-11-12-13/h6-7,9-10,12H,2-5,8,11H2,1H3/b7-6-,10-9-. The van der Waals surface area contributed by atoms with Gasteiger partial charge in [0.2, 0.25) is 0 Å². The van der Waals surface area contributed by atoms with E-state index in [2.05, 4.69) is 19.1 Å². The van der Waals surface area contributed by atoms with Gasteiger partial charge in [0.05, 0.1) is 0 Å². The fourth-order valence-corrected chi connectivity index (χ4v) is 1.05. The first-order valence-electron chi connectivity index (χ1n) is 5.15. The highest BCUT2D eigenvalue weighted by Gasteiger charge is 1.80. The fourth-order valence-electron chi connectivity index (χ4n) is 1.05. The van der Waals surface area contributed by atoms with Gasteiger partial charge in [-0.05, 0) is 19.3 Å². The predicted molar refractivity (Wildman–Crippen MR) is 57.7 cm³/mol. The Hall–Kier alpha value is -0.850. The van der Waals surface area contributed by atoms with E-state index in [0.717, 1.165) is 12.7 Å². The zero-order valence-electron chi connectivity index (χ0n) is 8.54. The zero-order valence-corrected chi connectivity index (χ0v) is 8.54. The van der Waals surface area contributed by atoms with Crippen LogP contribution in [0.2, 0.25) is 0 Å². The van der Waals surface area contributed by atoms with Gasteiger partial charge in [0.25, 0.3) is 0 Å². The first-order chi connectivity index (χ1) is 6.41. The van der Waals surface area contributed by atoms with Gasteiger partial charge in [-0.1, -0.05) is 44.1 Å². The van der Waals surface area contributed by atoms with Gasteiger partial charge in [0.1, 0.15) is 6.29 Å². The normalized spacial score (nSPS) is 11.5. The quantitative estimate of drug-likeness (QED) is 0.316. The van der Waals surface area contributed by atoms with E-state index in [-0.39, 0.29) is 0 Å². The molecule has 0 spiro atoms.